The van der Waals surface area contributed by atoms with Gasteiger partial charge < -0.3 is 14.7 Å². The van der Waals surface area contributed by atoms with Gasteiger partial charge in [0, 0.05) is 24.8 Å². The molecule has 2 aromatic heterocycles. The van der Waals surface area contributed by atoms with Crippen LogP contribution in [0, 0.1) is 5.92 Å². The van der Waals surface area contributed by atoms with Crippen molar-refractivity contribution in [2.24, 2.45) is 5.92 Å². The van der Waals surface area contributed by atoms with Crippen LogP contribution in [0.4, 0.5) is 11.8 Å². The number of aromatic nitrogens is 3. The Labute approximate surface area is 161 Å². The molecule has 1 unspecified atom stereocenters. The van der Waals surface area contributed by atoms with Gasteiger partial charge in [0.05, 0.1) is 10.9 Å². The molecule has 0 bridgehead atoms. The van der Waals surface area contributed by atoms with Gasteiger partial charge in [-0.15, -0.1) is 0 Å². The Hall–Kier alpha value is -2.93. The maximum atomic E-state index is 12.6. The van der Waals surface area contributed by atoms with Crippen LogP contribution in [0.5, 0.6) is 0 Å². The first-order chi connectivity index (χ1) is 13.2. The number of piperidine rings is 1. The summed E-state index contributed by atoms with van der Waals surface area (Å²) < 4.78 is 5.38. The van der Waals surface area contributed by atoms with Crippen molar-refractivity contribution in [3.63, 3.8) is 0 Å². The number of benzene rings is 1. The van der Waals surface area contributed by atoms with Crippen LogP contribution in [-0.2, 0) is 4.79 Å². The summed E-state index contributed by atoms with van der Waals surface area (Å²) in [5.74, 6) is 1.24. The molecule has 0 spiro atoms. The van der Waals surface area contributed by atoms with Crippen LogP contribution < -0.4 is 10.2 Å². The van der Waals surface area contributed by atoms with E-state index in [0.717, 1.165) is 24.9 Å². The Morgan fingerprint density at radius 3 is 2.85 bits per heavy atom. The van der Waals surface area contributed by atoms with E-state index in [1.165, 1.54) is 6.20 Å². The molecule has 1 aromatic carbocycles. The van der Waals surface area contributed by atoms with Crippen molar-refractivity contribution in [1.29, 1.82) is 0 Å². The van der Waals surface area contributed by atoms with E-state index in [1.54, 1.807) is 12.1 Å². The first-order valence-electron chi connectivity index (χ1n) is 8.75. The molecule has 0 saturated carbocycles. The molecule has 1 aliphatic rings. The molecule has 0 aliphatic carbocycles. The van der Waals surface area contributed by atoms with Gasteiger partial charge >= 0.3 is 0 Å². The Kier molecular flexibility index (Phi) is 5.02. The first kappa shape index (κ1) is 17.5. The van der Waals surface area contributed by atoms with Crippen LogP contribution in [0.3, 0.4) is 0 Å². The third-order valence-corrected chi connectivity index (χ3v) is 4.71. The molecule has 138 valence electrons. The molecule has 27 heavy (non-hydrogen) atoms. The zero-order valence-corrected chi connectivity index (χ0v) is 15.3. The van der Waals surface area contributed by atoms with Crippen molar-refractivity contribution >= 4 is 29.3 Å². The third kappa shape index (κ3) is 4.09. The van der Waals surface area contributed by atoms with Crippen LogP contribution in [0.2, 0.25) is 5.02 Å². The number of amides is 1. The molecule has 1 N–H and O–H groups in total. The normalized spacial score (nSPS) is 16.9. The van der Waals surface area contributed by atoms with Gasteiger partial charge in [-0.25, -0.2) is 4.98 Å². The Morgan fingerprint density at radius 1 is 1.22 bits per heavy atom. The van der Waals surface area contributed by atoms with Crippen molar-refractivity contribution in [3.8, 4) is 11.5 Å². The molecule has 1 aliphatic heterocycles. The molecular formula is C19H18ClN5O2. The fourth-order valence-electron chi connectivity index (χ4n) is 3.09. The summed E-state index contributed by atoms with van der Waals surface area (Å²) in [5.41, 5.74) is 0.872. The van der Waals surface area contributed by atoms with Crippen molar-refractivity contribution in [2.75, 3.05) is 23.3 Å². The number of nitrogens with one attached hydrogen (secondary N) is 1. The predicted molar refractivity (Wildman–Crippen MR) is 103 cm³/mol. The zero-order valence-electron chi connectivity index (χ0n) is 14.5. The average Bonchev–Trinajstić information content (AvgIpc) is 3.21. The number of halogens is 1. The van der Waals surface area contributed by atoms with Crippen LogP contribution in [0.1, 0.15) is 12.8 Å². The molecule has 0 radical (unpaired) electrons. The Balaban J connectivity index is 1.43. The topological polar surface area (TPSA) is 84.2 Å². The fraction of sp³-hybridized carbons (Fsp3) is 0.263. The fourth-order valence-corrected chi connectivity index (χ4v) is 3.20. The minimum atomic E-state index is -0.171. The molecule has 4 rings (SSSR count). The summed E-state index contributed by atoms with van der Waals surface area (Å²) in [6, 6.07) is 13.0. The minimum absolute atomic E-state index is 0.0682. The molecular weight excluding hydrogens is 366 g/mol. The Bertz CT molecular complexity index is 913. The average molecular weight is 384 g/mol. The standard InChI is InChI=1S/C19H18ClN5O2/c20-15-8-9-16(21-11-15)22-17(26)14-7-4-10-25(12-14)19-23-18(27-24-19)13-5-2-1-3-6-13/h1-3,5-6,8-9,11,14H,4,7,10,12H2,(H,21,22,26). The van der Waals surface area contributed by atoms with Gasteiger partial charge in [-0.3, -0.25) is 4.79 Å². The molecule has 3 heterocycles. The van der Waals surface area contributed by atoms with Gasteiger partial charge in [-0.1, -0.05) is 29.8 Å². The lowest BCUT2D eigenvalue weighted by atomic mass is 9.97. The summed E-state index contributed by atoms with van der Waals surface area (Å²) in [5, 5.41) is 7.46. The monoisotopic (exact) mass is 383 g/mol. The number of hydrogen-bond acceptors (Lipinski definition) is 6. The van der Waals surface area contributed by atoms with E-state index in [0.29, 0.717) is 29.2 Å². The lowest BCUT2D eigenvalue weighted by Crippen LogP contribution is -2.41. The van der Waals surface area contributed by atoms with Gasteiger partial charge in [0.2, 0.25) is 5.91 Å². The highest BCUT2D eigenvalue weighted by Gasteiger charge is 2.28. The SMILES string of the molecule is O=C(Nc1ccc(Cl)cn1)C1CCCN(c2noc(-c3ccccc3)n2)C1. The third-order valence-electron chi connectivity index (χ3n) is 4.49. The maximum Gasteiger partial charge on any atom is 0.266 e. The largest absolute Gasteiger partial charge is 0.337 e. The highest BCUT2D eigenvalue weighted by Crippen LogP contribution is 2.25. The van der Waals surface area contributed by atoms with E-state index >= 15 is 0 Å². The number of anilines is 2. The smallest absolute Gasteiger partial charge is 0.266 e. The molecule has 3 aromatic rings. The molecule has 1 amide bonds. The quantitative estimate of drug-likeness (QED) is 0.740. The van der Waals surface area contributed by atoms with E-state index in [-0.39, 0.29) is 11.8 Å². The molecule has 7 nitrogen and oxygen atoms in total. The predicted octanol–water partition coefficient (Wildman–Crippen LogP) is 3.64. The minimum Gasteiger partial charge on any atom is -0.337 e. The number of hydrogen-bond donors (Lipinski definition) is 1. The second kappa shape index (κ2) is 7.75. The van der Waals surface area contributed by atoms with E-state index in [2.05, 4.69) is 20.4 Å². The van der Waals surface area contributed by atoms with Crippen molar-refractivity contribution in [3.05, 3.63) is 53.7 Å². The van der Waals surface area contributed by atoms with E-state index in [9.17, 15) is 4.79 Å². The highest BCUT2D eigenvalue weighted by molar-refractivity contribution is 6.30. The van der Waals surface area contributed by atoms with Crippen LogP contribution in [0.25, 0.3) is 11.5 Å². The molecule has 1 saturated heterocycles. The summed E-state index contributed by atoms with van der Waals surface area (Å²) in [6.45, 7) is 1.32. The second-order valence-electron chi connectivity index (χ2n) is 6.40. The molecule has 1 atom stereocenters. The van der Waals surface area contributed by atoms with Crippen LogP contribution in [0.15, 0.2) is 53.2 Å². The van der Waals surface area contributed by atoms with Crippen molar-refractivity contribution in [2.45, 2.75) is 12.8 Å². The van der Waals surface area contributed by atoms with Gasteiger partial charge in [0.15, 0.2) is 0 Å². The van der Waals surface area contributed by atoms with Gasteiger partial charge in [0.25, 0.3) is 11.8 Å². The number of pyridine rings is 1. The molecule has 8 heteroatoms. The van der Waals surface area contributed by atoms with E-state index in [4.69, 9.17) is 16.1 Å². The zero-order chi connectivity index (χ0) is 18.6. The number of rotatable bonds is 4. The number of nitrogens with zero attached hydrogens (tertiary/aromatic N) is 4. The summed E-state index contributed by atoms with van der Waals surface area (Å²) in [4.78, 5) is 23.2. The lowest BCUT2D eigenvalue weighted by Gasteiger charge is -2.30. The Morgan fingerprint density at radius 2 is 2.07 bits per heavy atom. The molecule has 1 fully saturated rings. The maximum absolute atomic E-state index is 12.6. The number of carbonyl (C=O) groups is 1. The number of carbonyl (C=O) groups excluding carboxylic acids is 1. The van der Waals surface area contributed by atoms with Gasteiger partial charge in [0.1, 0.15) is 5.82 Å². The highest BCUT2D eigenvalue weighted by atomic mass is 35.5. The summed E-state index contributed by atoms with van der Waals surface area (Å²) in [6.07, 6.45) is 3.19. The summed E-state index contributed by atoms with van der Waals surface area (Å²) in [7, 11) is 0. The van der Waals surface area contributed by atoms with Crippen molar-refractivity contribution in [1.82, 2.24) is 15.1 Å². The van der Waals surface area contributed by atoms with Crippen molar-refractivity contribution < 1.29 is 9.32 Å². The lowest BCUT2D eigenvalue weighted by molar-refractivity contribution is -0.120. The summed E-state index contributed by atoms with van der Waals surface area (Å²) >= 11 is 5.83. The van der Waals surface area contributed by atoms with Gasteiger partial charge in [-0.2, -0.15) is 4.98 Å². The van der Waals surface area contributed by atoms with Gasteiger partial charge in [-0.05, 0) is 42.3 Å². The second-order valence-corrected chi connectivity index (χ2v) is 6.84. The van der Waals surface area contributed by atoms with Crippen LogP contribution >= 0.6 is 11.6 Å². The van der Waals surface area contributed by atoms with Crippen LogP contribution in [-0.4, -0.2) is 34.1 Å². The van der Waals surface area contributed by atoms with E-state index < -0.39 is 0 Å². The van der Waals surface area contributed by atoms with E-state index in [1.807, 2.05) is 35.2 Å². The first-order valence-corrected chi connectivity index (χ1v) is 9.13.